The van der Waals surface area contributed by atoms with Crippen LogP contribution >= 0.6 is 0 Å². The van der Waals surface area contributed by atoms with E-state index < -0.39 is 0 Å². The van der Waals surface area contributed by atoms with Crippen LogP contribution in [0.25, 0.3) is 0 Å². The Balaban J connectivity index is 1.88. The molecule has 2 aliphatic rings. The van der Waals surface area contributed by atoms with Gasteiger partial charge in [-0.1, -0.05) is 0 Å². The van der Waals surface area contributed by atoms with E-state index in [0.29, 0.717) is 11.8 Å². The van der Waals surface area contributed by atoms with Gasteiger partial charge in [-0.25, -0.2) is 4.98 Å². The highest BCUT2D eigenvalue weighted by Crippen LogP contribution is 2.43. The number of oxazole rings is 1. The molecule has 82 valence electrons. The van der Waals surface area contributed by atoms with Gasteiger partial charge in [-0.05, 0) is 45.1 Å². The highest BCUT2D eigenvalue weighted by molar-refractivity contribution is 5.20. The summed E-state index contributed by atoms with van der Waals surface area (Å²) in [4.78, 5) is 4.64. The predicted octanol–water partition coefficient (Wildman–Crippen LogP) is 2.32. The van der Waals surface area contributed by atoms with E-state index in [0.717, 1.165) is 31.0 Å². The third kappa shape index (κ3) is 1.69. The Labute approximate surface area is 90.1 Å². The third-order valence-corrected chi connectivity index (χ3v) is 3.52. The summed E-state index contributed by atoms with van der Waals surface area (Å²) in [6, 6.07) is 0. The molecule has 0 amide bonds. The van der Waals surface area contributed by atoms with Crippen LogP contribution in [-0.4, -0.2) is 11.5 Å². The molecular formula is C12H18N2O. The summed E-state index contributed by atoms with van der Waals surface area (Å²) in [5.74, 6) is 3.34. The van der Waals surface area contributed by atoms with Gasteiger partial charge in [0.25, 0.3) is 0 Å². The van der Waals surface area contributed by atoms with Crippen LogP contribution in [0.4, 0.5) is 0 Å². The second-order valence-electron chi connectivity index (χ2n) is 4.80. The predicted molar refractivity (Wildman–Crippen MR) is 57.8 cm³/mol. The smallest absolute Gasteiger partial charge is 0.197 e. The van der Waals surface area contributed by atoms with E-state index in [1.807, 2.05) is 0 Å². The largest absolute Gasteiger partial charge is 0.445 e. The van der Waals surface area contributed by atoms with E-state index >= 15 is 0 Å². The standard InChI is InChI=1S/C12H18N2O/c13-7-6-8-2-1-3-10-11(8)15-12(14-10)9-4-5-9/h8-9H,1-7,13H2. The molecule has 1 atom stereocenters. The van der Waals surface area contributed by atoms with Gasteiger partial charge in [-0.3, -0.25) is 0 Å². The van der Waals surface area contributed by atoms with Crippen LogP contribution < -0.4 is 5.73 Å². The number of rotatable bonds is 3. The zero-order valence-corrected chi connectivity index (χ0v) is 9.04. The average Bonchev–Trinajstić information content (AvgIpc) is 2.99. The Morgan fingerprint density at radius 2 is 2.20 bits per heavy atom. The van der Waals surface area contributed by atoms with Crippen molar-refractivity contribution < 1.29 is 4.42 Å². The Kier molecular flexibility index (Phi) is 2.28. The van der Waals surface area contributed by atoms with Crippen LogP contribution in [-0.2, 0) is 6.42 Å². The number of aryl methyl sites for hydroxylation is 1. The zero-order valence-electron chi connectivity index (χ0n) is 9.04. The van der Waals surface area contributed by atoms with Crippen LogP contribution in [0.5, 0.6) is 0 Å². The van der Waals surface area contributed by atoms with Gasteiger partial charge in [-0.2, -0.15) is 0 Å². The molecule has 2 N–H and O–H groups in total. The first kappa shape index (κ1) is 9.40. The van der Waals surface area contributed by atoms with Crippen molar-refractivity contribution in [2.24, 2.45) is 5.73 Å². The monoisotopic (exact) mass is 206 g/mol. The van der Waals surface area contributed by atoms with Crippen molar-refractivity contribution >= 4 is 0 Å². The van der Waals surface area contributed by atoms with Gasteiger partial charge in [0, 0.05) is 11.8 Å². The van der Waals surface area contributed by atoms with E-state index in [2.05, 4.69) is 4.98 Å². The first-order valence-electron chi connectivity index (χ1n) is 6.08. The van der Waals surface area contributed by atoms with Crippen molar-refractivity contribution in [2.75, 3.05) is 6.54 Å². The van der Waals surface area contributed by atoms with Crippen molar-refractivity contribution in [2.45, 2.75) is 50.4 Å². The summed E-state index contributed by atoms with van der Waals surface area (Å²) < 4.78 is 5.93. The fourth-order valence-electron chi connectivity index (χ4n) is 2.51. The van der Waals surface area contributed by atoms with Gasteiger partial charge in [0.15, 0.2) is 5.89 Å². The van der Waals surface area contributed by atoms with Gasteiger partial charge >= 0.3 is 0 Å². The number of hydrogen-bond donors (Lipinski definition) is 1. The number of hydrogen-bond acceptors (Lipinski definition) is 3. The fourth-order valence-corrected chi connectivity index (χ4v) is 2.51. The van der Waals surface area contributed by atoms with Gasteiger partial charge in [-0.15, -0.1) is 0 Å². The van der Waals surface area contributed by atoms with E-state index in [1.165, 1.54) is 31.4 Å². The molecule has 1 heterocycles. The molecule has 0 spiro atoms. The molecule has 0 aromatic carbocycles. The molecule has 0 bridgehead atoms. The summed E-state index contributed by atoms with van der Waals surface area (Å²) in [6.45, 7) is 0.754. The maximum absolute atomic E-state index is 5.93. The molecule has 2 aliphatic carbocycles. The first-order valence-corrected chi connectivity index (χ1v) is 6.08. The van der Waals surface area contributed by atoms with E-state index in [-0.39, 0.29) is 0 Å². The molecule has 1 fully saturated rings. The summed E-state index contributed by atoms with van der Waals surface area (Å²) in [5, 5.41) is 0. The van der Waals surface area contributed by atoms with Crippen molar-refractivity contribution in [3.63, 3.8) is 0 Å². The lowest BCUT2D eigenvalue weighted by Crippen LogP contribution is -2.12. The van der Waals surface area contributed by atoms with Crippen LogP contribution in [0.1, 0.15) is 61.3 Å². The van der Waals surface area contributed by atoms with Gasteiger partial charge < -0.3 is 10.2 Å². The second-order valence-corrected chi connectivity index (χ2v) is 4.80. The Bertz CT molecular complexity index is 355. The van der Waals surface area contributed by atoms with Crippen molar-refractivity contribution in [3.05, 3.63) is 17.3 Å². The van der Waals surface area contributed by atoms with E-state index in [1.54, 1.807) is 0 Å². The average molecular weight is 206 g/mol. The minimum Gasteiger partial charge on any atom is -0.445 e. The van der Waals surface area contributed by atoms with Crippen molar-refractivity contribution in [3.8, 4) is 0 Å². The Morgan fingerprint density at radius 3 is 2.93 bits per heavy atom. The summed E-state index contributed by atoms with van der Waals surface area (Å²) in [7, 11) is 0. The lowest BCUT2D eigenvalue weighted by Gasteiger charge is -2.18. The van der Waals surface area contributed by atoms with Gasteiger partial charge in [0.2, 0.25) is 0 Å². The number of fused-ring (bicyclic) bond motifs is 1. The molecule has 1 aromatic heterocycles. The summed E-state index contributed by atoms with van der Waals surface area (Å²) in [5.41, 5.74) is 6.86. The maximum atomic E-state index is 5.93. The molecular weight excluding hydrogens is 188 g/mol. The topological polar surface area (TPSA) is 52.0 Å². The minimum absolute atomic E-state index is 0.541. The maximum Gasteiger partial charge on any atom is 0.197 e. The molecule has 3 heteroatoms. The molecule has 1 aromatic rings. The first-order chi connectivity index (χ1) is 7.38. The number of aromatic nitrogens is 1. The van der Waals surface area contributed by atoms with Crippen LogP contribution in [0, 0.1) is 0 Å². The summed E-state index contributed by atoms with van der Waals surface area (Å²) >= 11 is 0. The van der Waals surface area contributed by atoms with Crippen LogP contribution in [0.15, 0.2) is 4.42 Å². The normalized spacial score (nSPS) is 25.3. The minimum atomic E-state index is 0.541. The third-order valence-electron chi connectivity index (χ3n) is 3.52. The van der Waals surface area contributed by atoms with E-state index in [4.69, 9.17) is 10.2 Å². The molecule has 1 saturated carbocycles. The fraction of sp³-hybridized carbons (Fsp3) is 0.750. The lowest BCUT2D eigenvalue weighted by molar-refractivity contribution is 0.384. The molecule has 3 rings (SSSR count). The zero-order chi connectivity index (χ0) is 10.3. The lowest BCUT2D eigenvalue weighted by atomic mass is 9.88. The quantitative estimate of drug-likeness (QED) is 0.825. The molecule has 0 saturated heterocycles. The molecule has 1 unspecified atom stereocenters. The molecule has 0 radical (unpaired) electrons. The molecule has 15 heavy (non-hydrogen) atoms. The highest BCUT2D eigenvalue weighted by atomic mass is 16.4. The highest BCUT2D eigenvalue weighted by Gasteiger charge is 2.33. The van der Waals surface area contributed by atoms with Gasteiger partial charge in [0.1, 0.15) is 5.76 Å². The Hall–Kier alpha value is -0.830. The van der Waals surface area contributed by atoms with Crippen LogP contribution in [0.2, 0.25) is 0 Å². The SMILES string of the molecule is NCCC1CCCc2nc(C3CC3)oc21. The summed E-state index contributed by atoms with van der Waals surface area (Å²) in [6.07, 6.45) is 7.15. The van der Waals surface area contributed by atoms with Crippen molar-refractivity contribution in [1.82, 2.24) is 4.98 Å². The second kappa shape index (κ2) is 3.63. The number of nitrogens with two attached hydrogens (primary N) is 1. The molecule has 3 nitrogen and oxygen atoms in total. The van der Waals surface area contributed by atoms with Crippen molar-refractivity contribution in [1.29, 1.82) is 0 Å². The molecule has 0 aliphatic heterocycles. The van der Waals surface area contributed by atoms with Crippen LogP contribution in [0.3, 0.4) is 0 Å². The van der Waals surface area contributed by atoms with Gasteiger partial charge in [0.05, 0.1) is 5.69 Å². The van der Waals surface area contributed by atoms with E-state index in [9.17, 15) is 0 Å². The Morgan fingerprint density at radius 1 is 1.33 bits per heavy atom. The number of nitrogens with zero attached hydrogens (tertiary/aromatic N) is 1.